The number of piperidine rings is 1. The van der Waals surface area contributed by atoms with E-state index in [1.807, 2.05) is 11.8 Å². The van der Waals surface area contributed by atoms with Gasteiger partial charge in [0, 0.05) is 32.3 Å². The number of rotatable bonds is 6. The van der Waals surface area contributed by atoms with Gasteiger partial charge in [0.2, 0.25) is 5.91 Å². The maximum absolute atomic E-state index is 13.6. The first-order valence-corrected chi connectivity index (χ1v) is 10.0. The summed E-state index contributed by atoms with van der Waals surface area (Å²) in [5.41, 5.74) is 1.84. The molecular weight excluding hydrogens is 371 g/mol. The SMILES string of the molecule is Cc1ncc(C(=O)N2CCC(CC(=O)NCCc3ccccc3F)CC2)c(C)n1. The predicted octanol–water partition coefficient (Wildman–Crippen LogP) is 2.83. The van der Waals surface area contributed by atoms with Crippen molar-refractivity contribution in [3.8, 4) is 0 Å². The molecule has 1 aliphatic heterocycles. The zero-order valence-electron chi connectivity index (χ0n) is 16.9. The molecule has 1 aliphatic rings. The first kappa shape index (κ1) is 20.9. The number of carbonyl (C=O) groups is 2. The van der Waals surface area contributed by atoms with Crippen LogP contribution in [0.15, 0.2) is 30.5 Å². The maximum atomic E-state index is 13.6. The number of carbonyl (C=O) groups excluding carboxylic acids is 2. The van der Waals surface area contributed by atoms with E-state index in [4.69, 9.17) is 0 Å². The van der Waals surface area contributed by atoms with Gasteiger partial charge in [-0.15, -0.1) is 0 Å². The van der Waals surface area contributed by atoms with Gasteiger partial charge in [-0.3, -0.25) is 9.59 Å². The van der Waals surface area contributed by atoms with E-state index in [2.05, 4.69) is 15.3 Å². The quantitative estimate of drug-likeness (QED) is 0.812. The minimum Gasteiger partial charge on any atom is -0.356 e. The standard InChI is InChI=1S/C22H27FN4O2/c1-15-19(14-25-16(2)26-15)22(29)27-11-8-17(9-12-27)13-21(28)24-10-7-18-5-3-4-6-20(18)23/h3-6,14,17H,7-13H2,1-2H3,(H,24,28). The molecule has 2 amide bonds. The first-order chi connectivity index (χ1) is 13.9. The number of nitrogens with zero attached hydrogens (tertiary/aromatic N) is 3. The molecule has 2 heterocycles. The van der Waals surface area contributed by atoms with Crippen molar-refractivity contribution in [1.82, 2.24) is 20.2 Å². The molecule has 2 aromatic rings. The Labute approximate surface area is 170 Å². The summed E-state index contributed by atoms with van der Waals surface area (Å²) in [6.45, 7) is 5.29. The number of likely N-dealkylation sites (tertiary alicyclic amines) is 1. The lowest BCUT2D eigenvalue weighted by Gasteiger charge is -2.32. The van der Waals surface area contributed by atoms with Gasteiger partial charge in [-0.05, 0) is 50.7 Å². The van der Waals surface area contributed by atoms with Crippen LogP contribution in [-0.4, -0.2) is 46.3 Å². The summed E-state index contributed by atoms with van der Waals surface area (Å²) in [5.74, 6) is 0.596. The Balaban J connectivity index is 1.41. The molecule has 7 heteroatoms. The van der Waals surface area contributed by atoms with Crippen LogP contribution in [0, 0.1) is 25.6 Å². The van der Waals surface area contributed by atoms with Crippen molar-refractivity contribution >= 4 is 11.8 Å². The Morgan fingerprint density at radius 2 is 1.93 bits per heavy atom. The topological polar surface area (TPSA) is 75.2 Å². The van der Waals surface area contributed by atoms with Gasteiger partial charge in [0.1, 0.15) is 11.6 Å². The van der Waals surface area contributed by atoms with E-state index in [9.17, 15) is 14.0 Å². The molecule has 0 saturated carbocycles. The fourth-order valence-electron chi connectivity index (χ4n) is 3.68. The van der Waals surface area contributed by atoms with Crippen molar-refractivity contribution in [2.45, 2.75) is 39.5 Å². The number of halogens is 1. The summed E-state index contributed by atoms with van der Waals surface area (Å²) in [4.78, 5) is 35.1. The third-order valence-electron chi connectivity index (χ3n) is 5.38. The number of hydrogen-bond donors (Lipinski definition) is 1. The zero-order valence-corrected chi connectivity index (χ0v) is 16.9. The van der Waals surface area contributed by atoms with Crippen molar-refractivity contribution in [3.05, 3.63) is 58.9 Å². The molecule has 29 heavy (non-hydrogen) atoms. The van der Waals surface area contributed by atoms with E-state index in [1.54, 1.807) is 31.3 Å². The number of benzene rings is 1. The van der Waals surface area contributed by atoms with Gasteiger partial charge in [0.15, 0.2) is 0 Å². The Morgan fingerprint density at radius 3 is 2.62 bits per heavy atom. The lowest BCUT2D eigenvalue weighted by molar-refractivity contribution is -0.122. The normalized spacial score (nSPS) is 14.7. The Bertz CT molecular complexity index is 879. The summed E-state index contributed by atoms with van der Waals surface area (Å²) < 4.78 is 13.6. The van der Waals surface area contributed by atoms with Crippen LogP contribution < -0.4 is 5.32 Å². The van der Waals surface area contributed by atoms with E-state index >= 15 is 0 Å². The van der Waals surface area contributed by atoms with Crippen LogP contribution in [-0.2, 0) is 11.2 Å². The van der Waals surface area contributed by atoms with Gasteiger partial charge in [0.25, 0.3) is 5.91 Å². The lowest BCUT2D eigenvalue weighted by atomic mass is 9.93. The summed E-state index contributed by atoms with van der Waals surface area (Å²) in [6, 6.07) is 6.60. The largest absolute Gasteiger partial charge is 0.356 e. The highest BCUT2D eigenvalue weighted by Gasteiger charge is 2.26. The second-order valence-corrected chi connectivity index (χ2v) is 7.55. The molecule has 1 aromatic heterocycles. The maximum Gasteiger partial charge on any atom is 0.257 e. The summed E-state index contributed by atoms with van der Waals surface area (Å²) in [6.07, 6.45) is 4.08. The molecule has 0 unspecified atom stereocenters. The van der Waals surface area contributed by atoms with Gasteiger partial charge in [0.05, 0.1) is 11.3 Å². The van der Waals surface area contributed by atoms with Gasteiger partial charge < -0.3 is 10.2 Å². The fraction of sp³-hybridized carbons (Fsp3) is 0.455. The van der Waals surface area contributed by atoms with Crippen molar-refractivity contribution in [2.24, 2.45) is 5.92 Å². The van der Waals surface area contributed by atoms with Crippen molar-refractivity contribution in [3.63, 3.8) is 0 Å². The monoisotopic (exact) mass is 398 g/mol. The van der Waals surface area contributed by atoms with Crippen molar-refractivity contribution in [2.75, 3.05) is 19.6 Å². The molecule has 3 rings (SSSR count). The van der Waals surface area contributed by atoms with Gasteiger partial charge in [-0.2, -0.15) is 0 Å². The molecule has 6 nitrogen and oxygen atoms in total. The number of amides is 2. The van der Waals surface area contributed by atoms with Crippen LogP contribution in [0.2, 0.25) is 0 Å². The average Bonchev–Trinajstić information content (AvgIpc) is 2.69. The molecule has 1 fully saturated rings. The lowest BCUT2D eigenvalue weighted by Crippen LogP contribution is -2.40. The third-order valence-corrected chi connectivity index (χ3v) is 5.38. The fourth-order valence-corrected chi connectivity index (χ4v) is 3.68. The highest BCUT2D eigenvalue weighted by atomic mass is 19.1. The van der Waals surface area contributed by atoms with Crippen LogP contribution in [0.5, 0.6) is 0 Å². The summed E-state index contributed by atoms with van der Waals surface area (Å²) in [5, 5.41) is 2.88. The van der Waals surface area contributed by atoms with Crippen LogP contribution in [0.25, 0.3) is 0 Å². The Kier molecular flexibility index (Phi) is 6.90. The van der Waals surface area contributed by atoms with Crippen molar-refractivity contribution < 1.29 is 14.0 Å². The zero-order chi connectivity index (χ0) is 20.8. The van der Waals surface area contributed by atoms with E-state index in [1.165, 1.54) is 6.07 Å². The van der Waals surface area contributed by atoms with Crippen LogP contribution in [0.1, 0.15) is 46.7 Å². The van der Waals surface area contributed by atoms with Gasteiger partial charge >= 0.3 is 0 Å². The van der Waals surface area contributed by atoms with E-state index < -0.39 is 0 Å². The molecule has 0 atom stereocenters. The highest BCUT2D eigenvalue weighted by molar-refractivity contribution is 5.95. The molecule has 0 aliphatic carbocycles. The average molecular weight is 398 g/mol. The first-order valence-electron chi connectivity index (χ1n) is 10.0. The number of hydrogen-bond acceptors (Lipinski definition) is 4. The van der Waals surface area contributed by atoms with E-state index in [0.717, 1.165) is 12.8 Å². The molecule has 1 saturated heterocycles. The van der Waals surface area contributed by atoms with Crippen LogP contribution in [0.3, 0.4) is 0 Å². The molecule has 1 N–H and O–H groups in total. The summed E-state index contributed by atoms with van der Waals surface area (Å²) >= 11 is 0. The van der Waals surface area contributed by atoms with Gasteiger partial charge in [-0.1, -0.05) is 18.2 Å². The van der Waals surface area contributed by atoms with Crippen molar-refractivity contribution in [1.29, 1.82) is 0 Å². The molecular formula is C22H27FN4O2. The minimum absolute atomic E-state index is 0.0195. The predicted molar refractivity (Wildman–Crippen MR) is 108 cm³/mol. The van der Waals surface area contributed by atoms with Crippen LogP contribution in [0.4, 0.5) is 4.39 Å². The third kappa shape index (κ3) is 5.59. The molecule has 0 radical (unpaired) electrons. The second-order valence-electron chi connectivity index (χ2n) is 7.55. The Hall–Kier alpha value is -2.83. The molecule has 1 aromatic carbocycles. The van der Waals surface area contributed by atoms with Gasteiger partial charge in [-0.25, -0.2) is 14.4 Å². The second kappa shape index (κ2) is 9.58. The highest BCUT2D eigenvalue weighted by Crippen LogP contribution is 2.22. The minimum atomic E-state index is -0.243. The smallest absolute Gasteiger partial charge is 0.257 e. The van der Waals surface area contributed by atoms with Crippen LogP contribution >= 0.6 is 0 Å². The molecule has 154 valence electrons. The number of nitrogens with one attached hydrogen (secondary N) is 1. The summed E-state index contributed by atoms with van der Waals surface area (Å²) in [7, 11) is 0. The van der Waals surface area contributed by atoms with E-state index in [0.29, 0.717) is 55.1 Å². The molecule has 0 spiro atoms. The van der Waals surface area contributed by atoms with E-state index in [-0.39, 0.29) is 23.5 Å². The Morgan fingerprint density at radius 1 is 1.21 bits per heavy atom. The number of aryl methyl sites for hydroxylation is 2. The molecule has 0 bridgehead atoms. The number of aromatic nitrogens is 2.